The van der Waals surface area contributed by atoms with Gasteiger partial charge in [-0.1, -0.05) is 0 Å². The molecule has 1 aromatic heterocycles. The van der Waals surface area contributed by atoms with Crippen molar-refractivity contribution in [3.63, 3.8) is 0 Å². The van der Waals surface area contributed by atoms with Crippen molar-refractivity contribution in [3.05, 3.63) is 28.5 Å². The molecular weight excluding hydrogens is 270 g/mol. The van der Waals surface area contributed by atoms with Crippen molar-refractivity contribution in [2.45, 2.75) is 0 Å². The number of halogens is 1. The molecule has 0 fully saturated rings. The minimum absolute atomic E-state index is 0.0469. The average molecular weight is 286 g/mol. The maximum atomic E-state index is 11.9. The molecule has 1 heterocycles. The molecule has 0 saturated carbocycles. The highest BCUT2D eigenvalue weighted by molar-refractivity contribution is 9.10. The summed E-state index contributed by atoms with van der Waals surface area (Å²) < 4.78 is 0.875. The Bertz CT molecular complexity index is 351. The van der Waals surface area contributed by atoms with Gasteiger partial charge in [0.1, 0.15) is 5.69 Å². The summed E-state index contributed by atoms with van der Waals surface area (Å²) in [5.41, 5.74) is 0.476. The number of nitrogens with zero attached hydrogens (tertiary/aromatic N) is 3. The van der Waals surface area contributed by atoms with E-state index in [1.807, 2.05) is 25.1 Å². The van der Waals surface area contributed by atoms with E-state index in [0.29, 0.717) is 12.2 Å². The zero-order chi connectivity index (χ0) is 12.1. The van der Waals surface area contributed by atoms with E-state index in [2.05, 4.69) is 20.9 Å². The molecule has 0 aliphatic carbocycles. The first-order valence-corrected chi connectivity index (χ1v) is 5.81. The Kier molecular flexibility index (Phi) is 4.89. The first kappa shape index (κ1) is 13.1. The normalized spacial score (nSPS) is 10.6. The lowest BCUT2D eigenvalue weighted by molar-refractivity contribution is 0.0780. The van der Waals surface area contributed by atoms with Crippen molar-refractivity contribution in [2.24, 2.45) is 0 Å². The van der Waals surface area contributed by atoms with Crippen molar-refractivity contribution in [3.8, 4) is 0 Å². The third-order valence-corrected chi connectivity index (χ3v) is 2.64. The molecule has 0 radical (unpaired) electrons. The van der Waals surface area contributed by atoms with Crippen LogP contribution in [0.5, 0.6) is 0 Å². The van der Waals surface area contributed by atoms with Crippen LogP contribution in [0.2, 0.25) is 0 Å². The zero-order valence-corrected chi connectivity index (χ0v) is 11.4. The monoisotopic (exact) mass is 285 g/mol. The second-order valence-electron chi connectivity index (χ2n) is 3.89. The SMILES string of the molecule is CN(C)CCN(C)C(=O)c1ccc(Br)cn1. The predicted molar refractivity (Wildman–Crippen MR) is 67.5 cm³/mol. The fourth-order valence-electron chi connectivity index (χ4n) is 1.15. The van der Waals surface area contributed by atoms with Gasteiger partial charge in [0.2, 0.25) is 0 Å². The summed E-state index contributed by atoms with van der Waals surface area (Å²) in [6.07, 6.45) is 1.63. The lowest BCUT2D eigenvalue weighted by atomic mass is 10.3. The quantitative estimate of drug-likeness (QED) is 0.841. The van der Waals surface area contributed by atoms with Crippen LogP contribution in [-0.4, -0.2) is 54.9 Å². The summed E-state index contributed by atoms with van der Waals surface area (Å²) in [5, 5.41) is 0. The van der Waals surface area contributed by atoms with Gasteiger partial charge in [-0.2, -0.15) is 0 Å². The van der Waals surface area contributed by atoms with Crippen LogP contribution in [0, 0.1) is 0 Å². The van der Waals surface area contributed by atoms with Crippen LogP contribution in [0.15, 0.2) is 22.8 Å². The minimum Gasteiger partial charge on any atom is -0.339 e. The van der Waals surface area contributed by atoms with Gasteiger partial charge >= 0.3 is 0 Å². The Labute approximate surface area is 104 Å². The Hall–Kier alpha value is -0.940. The molecule has 0 bridgehead atoms. The topological polar surface area (TPSA) is 36.4 Å². The van der Waals surface area contributed by atoms with Crippen molar-refractivity contribution < 1.29 is 4.79 Å². The van der Waals surface area contributed by atoms with Gasteiger partial charge < -0.3 is 9.80 Å². The summed E-state index contributed by atoms with van der Waals surface area (Å²) in [7, 11) is 5.75. The summed E-state index contributed by atoms with van der Waals surface area (Å²) in [5.74, 6) is -0.0469. The van der Waals surface area contributed by atoms with Crippen LogP contribution in [0.25, 0.3) is 0 Å². The summed E-state index contributed by atoms with van der Waals surface area (Å²) in [4.78, 5) is 19.7. The second kappa shape index (κ2) is 5.96. The third-order valence-electron chi connectivity index (χ3n) is 2.18. The molecule has 16 heavy (non-hydrogen) atoms. The average Bonchev–Trinajstić information content (AvgIpc) is 2.26. The molecule has 0 aromatic carbocycles. The minimum atomic E-state index is -0.0469. The van der Waals surface area contributed by atoms with Gasteiger partial charge in [0.05, 0.1) is 0 Å². The number of rotatable bonds is 4. The number of hydrogen-bond acceptors (Lipinski definition) is 3. The Balaban J connectivity index is 2.60. The van der Waals surface area contributed by atoms with E-state index in [-0.39, 0.29) is 5.91 Å². The molecule has 0 aliphatic rings. The smallest absolute Gasteiger partial charge is 0.272 e. The highest BCUT2D eigenvalue weighted by Gasteiger charge is 2.12. The largest absolute Gasteiger partial charge is 0.339 e. The van der Waals surface area contributed by atoms with E-state index in [4.69, 9.17) is 0 Å². The number of carbonyl (C=O) groups is 1. The third kappa shape index (κ3) is 3.90. The van der Waals surface area contributed by atoms with E-state index < -0.39 is 0 Å². The highest BCUT2D eigenvalue weighted by Crippen LogP contribution is 2.08. The van der Waals surface area contributed by atoms with Gasteiger partial charge in [0, 0.05) is 30.8 Å². The molecule has 0 spiro atoms. The van der Waals surface area contributed by atoms with E-state index >= 15 is 0 Å². The fraction of sp³-hybridized carbons (Fsp3) is 0.455. The van der Waals surface area contributed by atoms with Crippen LogP contribution in [0.4, 0.5) is 0 Å². The van der Waals surface area contributed by atoms with Crippen LogP contribution < -0.4 is 0 Å². The molecule has 0 aliphatic heterocycles. The fourth-order valence-corrected chi connectivity index (χ4v) is 1.38. The van der Waals surface area contributed by atoms with Crippen molar-refractivity contribution in [2.75, 3.05) is 34.2 Å². The van der Waals surface area contributed by atoms with Crippen molar-refractivity contribution in [1.82, 2.24) is 14.8 Å². The second-order valence-corrected chi connectivity index (χ2v) is 4.81. The molecule has 88 valence electrons. The van der Waals surface area contributed by atoms with Gasteiger partial charge in [0.25, 0.3) is 5.91 Å². The molecule has 1 rings (SSSR count). The lowest BCUT2D eigenvalue weighted by Gasteiger charge is -2.19. The summed E-state index contributed by atoms with van der Waals surface area (Å²) in [6.45, 7) is 1.54. The van der Waals surface area contributed by atoms with Gasteiger partial charge in [-0.25, -0.2) is 4.98 Å². The van der Waals surface area contributed by atoms with E-state index in [0.717, 1.165) is 11.0 Å². The predicted octanol–water partition coefficient (Wildman–Crippen LogP) is 1.48. The Morgan fingerprint density at radius 2 is 2.00 bits per heavy atom. The summed E-state index contributed by atoms with van der Waals surface area (Å²) in [6, 6.07) is 3.54. The molecule has 1 amide bonds. The number of likely N-dealkylation sites (N-methyl/N-ethyl adjacent to an activating group) is 2. The number of hydrogen-bond donors (Lipinski definition) is 0. The molecule has 0 saturated heterocycles. The van der Waals surface area contributed by atoms with Crippen LogP contribution in [0.3, 0.4) is 0 Å². The molecule has 0 atom stereocenters. The molecule has 0 unspecified atom stereocenters. The number of carbonyl (C=O) groups excluding carboxylic acids is 1. The van der Waals surface area contributed by atoms with E-state index in [1.54, 1.807) is 24.2 Å². The highest BCUT2D eigenvalue weighted by atomic mass is 79.9. The zero-order valence-electron chi connectivity index (χ0n) is 9.77. The van der Waals surface area contributed by atoms with Crippen molar-refractivity contribution >= 4 is 21.8 Å². The standard InChI is InChI=1S/C11H16BrN3O/c1-14(2)6-7-15(3)11(16)10-5-4-9(12)8-13-10/h4-5,8H,6-7H2,1-3H3. The van der Waals surface area contributed by atoms with Crippen LogP contribution >= 0.6 is 15.9 Å². The number of amides is 1. The maximum absolute atomic E-state index is 11.9. The molecule has 1 aromatic rings. The number of aromatic nitrogens is 1. The Morgan fingerprint density at radius 1 is 1.31 bits per heavy atom. The van der Waals surface area contributed by atoms with Crippen molar-refractivity contribution in [1.29, 1.82) is 0 Å². The maximum Gasteiger partial charge on any atom is 0.272 e. The van der Waals surface area contributed by atoms with E-state index in [9.17, 15) is 4.79 Å². The van der Waals surface area contributed by atoms with Gasteiger partial charge in [-0.15, -0.1) is 0 Å². The number of pyridine rings is 1. The van der Waals surface area contributed by atoms with Crippen LogP contribution in [-0.2, 0) is 0 Å². The Morgan fingerprint density at radius 3 is 2.50 bits per heavy atom. The van der Waals surface area contributed by atoms with E-state index in [1.165, 1.54) is 0 Å². The van der Waals surface area contributed by atoms with Crippen LogP contribution in [0.1, 0.15) is 10.5 Å². The van der Waals surface area contributed by atoms with Gasteiger partial charge in [-0.05, 0) is 42.2 Å². The first-order chi connectivity index (χ1) is 7.50. The molecule has 5 heteroatoms. The molecule has 0 N–H and O–H groups in total. The molecule has 4 nitrogen and oxygen atoms in total. The first-order valence-electron chi connectivity index (χ1n) is 5.02. The lowest BCUT2D eigenvalue weighted by Crippen LogP contribution is -2.33. The summed E-state index contributed by atoms with van der Waals surface area (Å²) >= 11 is 3.29. The molecular formula is C11H16BrN3O. The van der Waals surface area contributed by atoms with Gasteiger partial charge in [-0.3, -0.25) is 4.79 Å². The van der Waals surface area contributed by atoms with Gasteiger partial charge in [0.15, 0.2) is 0 Å².